The molecule has 21 heavy (non-hydrogen) atoms. The van der Waals surface area contributed by atoms with E-state index in [1.165, 1.54) is 0 Å². The van der Waals surface area contributed by atoms with Crippen molar-refractivity contribution in [1.82, 2.24) is 16.0 Å². The van der Waals surface area contributed by atoms with Crippen molar-refractivity contribution in [3.05, 3.63) is 0 Å². The number of urea groups is 1. The number of aliphatic carboxylic acids is 1. The highest BCUT2D eigenvalue weighted by molar-refractivity contribution is 5.94. The molecule has 0 rings (SSSR count). The van der Waals surface area contributed by atoms with Crippen molar-refractivity contribution in [2.24, 2.45) is 5.92 Å². The third kappa shape index (κ3) is 11.4. The van der Waals surface area contributed by atoms with Gasteiger partial charge in [-0.05, 0) is 19.8 Å². The van der Waals surface area contributed by atoms with Gasteiger partial charge in [-0.1, -0.05) is 6.92 Å². The first-order valence-corrected chi connectivity index (χ1v) is 6.79. The molecule has 0 aromatic rings. The molecule has 8 heteroatoms. The molecule has 4 N–H and O–H groups in total. The van der Waals surface area contributed by atoms with Crippen molar-refractivity contribution in [1.29, 1.82) is 0 Å². The van der Waals surface area contributed by atoms with E-state index in [1.807, 2.05) is 13.8 Å². The molecule has 0 heterocycles. The average molecular weight is 301 g/mol. The molecule has 0 saturated carbocycles. The van der Waals surface area contributed by atoms with E-state index in [-0.39, 0.29) is 43.7 Å². The lowest BCUT2D eigenvalue weighted by Gasteiger charge is -2.10. The number of carboxylic acids is 1. The molecule has 8 nitrogen and oxygen atoms in total. The van der Waals surface area contributed by atoms with Gasteiger partial charge < -0.3 is 15.7 Å². The predicted octanol–water partition coefficient (Wildman–Crippen LogP) is 0.228. The molecule has 0 spiro atoms. The second-order valence-corrected chi connectivity index (χ2v) is 5.18. The van der Waals surface area contributed by atoms with Gasteiger partial charge in [0.05, 0.1) is 0 Å². The van der Waals surface area contributed by atoms with Crippen molar-refractivity contribution in [3.63, 3.8) is 0 Å². The Morgan fingerprint density at radius 1 is 1.00 bits per heavy atom. The number of nitrogens with one attached hydrogen (secondary N) is 3. The molecule has 1 atom stereocenters. The average Bonchev–Trinajstić information content (AvgIpc) is 2.25. The van der Waals surface area contributed by atoms with Gasteiger partial charge in [-0.2, -0.15) is 0 Å². The third-order valence-corrected chi connectivity index (χ3v) is 2.40. The molecule has 0 aliphatic heterocycles. The zero-order valence-electron chi connectivity index (χ0n) is 12.6. The first-order valence-electron chi connectivity index (χ1n) is 6.79. The Kier molecular flexibility index (Phi) is 8.75. The molecule has 0 aliphatic carbocycles. The molecule has 0 radical (unpaired) electrons. The van der Waals surface area contributed by atoms with Crippen LogP contribution in [0, 0.1) is 5.92 Å². The van der Waals surface area contributed by atoms with E-state index in [0.717, 1.165) is 0 Å². The van der Waals surface area contributed by atoms with E-state index in [2.05, 4.69) is 16.0 Å². The Labute approximate surface area is 123 Å². The maximum atomic E-state index is 11.4. The zero-order chi connectivity index (χ0) is 16.4. The van der Waals surface area contributed by atoms with E-state index < -0.39 is 17.9 Å². The summed E-state index contributed by atoms with van der Waals surface area (Å²) in [5, 5.41) is 15.7. The number of imide groups is 1. The Hall–Kier alpha value is -2.12. The highest BCUT2D eigenvalue weighted by atomic mass is 16.4. The summed E-state index contributed by atoms with van der Waals surface area (Å²) < 4.78 is 0. The number of rotatable bonds is 8. The van der Waals surface area contributed by atoms with Crippen LogP contribution in [-0.2, 0) is 14.4 Å². The summed E-state index contributed by atoms with van der Waals surface area (Å²) in [6.07, 6.45) is -0.0623. The zero-order valence-corrected chi connectivity index (χ0v) is 12.6. The molecule has 120 valence electrons. The number of hydrogen-bond acceptors (Lipinski definition) is 4. The molecule has 0 aliphatic rings. The van der Waals surface area contributed by atoms with Crippen LogP contribution >= 0.6 is 0 Å². The molecular weight excluding hydrogens is 278 g/mol. The van der Waals surface area contributed by atoms with Crippen LogP contribution in [0.25, 0.3) is 0 Å². The van der Waals surface area contributed by atoms with E-state index >= 15 is 0 Å². The van der Waals surface area contributed by atoms with Crippen LogP contribution in [-0.4, -0.2) is 41.5 Å². The van der Waals surface area contributed by atoms with Gasteiger partial charge in [0.2, 0.25) is 11.8 Å². The van der Waals surface area contributed by atoms with E-state index in [4.69, 9.17) is 5.11 Å². The normalized spacial score (nSPS) is 11.6. The molecule has 0 aromatic carbocycles. The minimum absolute atomic E-state index is 0.0311. The summed E-state index contributed by atoms with van der Waals surface area (Å²) in [4.78, 5) is 44.6. The monoisotopic (exact) mass is 301 g/mol. The summed E-state index contributed by atoms with van der Waals surface area (Å²) in [6.45, 7) is 5.38. The van der Waals surface area contributed by atoms with Gasteiger partial charge in [0, 0.05) is 31.8 Å². The van der Waals surface area contributed by atoms with Crippen LogP contribution in [0.15, 0.2) is 0 Å². The first kappa shape index (κ1) is 18.9. The number of carbonyl (C=O) groups is 4. The molecule has 0 bridgehead atoms. The number of amides is 4. The minimum atomic E-state index is -0.990. The second-order valence-electron chi connectivity index (χ2n) is 5.18. The summed E-state index contributed by atoms with van der Waals surface area (Å²) in [6, 6.07) is -0.663. The van der Waals surface area contributed by atoms with Gasteiger partial charge in [-0.3, -0.25) is 19.7 Å². The number of carbonyl (C=O) groups excluding carboxylic acids is 3. The van der Waals surface area contributed by atoms with Gasteiger partial charge in [0.25, 0.3) is 0 Å². The molecule has 4 amide bonds. The first-order chi connectivity index (χ1) is 9.70. The van der Waals surface area contributed by atoms with E-state index in [1.54, 1.807) is 6.92 Å². The standard InChI is InChI=1S/C13H23N3O5/c1-8(2)15-10(17)4-5-14-13(21)16-11(18)6-9(3)7-12(19)20/h8-9H,4-7H2,1-3H3,(H,15,17)(H,19,20)(H2,14,16,18,21). The van der Waals surface area contributed by atoms with E-state index in [0.29, 0.717) is 0 Å². The van der Waals surface area contributed by atoms with E-state index in [9.17, 15) is 19.2 Å². The molecule has 0 fully saturated rings. The maximum absolute atomic E-state index is 11.4. The Morgan fingerprint density at radius 2 is 1.62 bits per heavy atom. The third-order valence-electron chi connectivity index (χ3n) is 2.40. The van der Waals surface area contributed by atoms with Gasteiger partial charge in [-0.15, -0.1) is 0 Å². The lowest BCUT2D eigenvalue weighted by atomic mass is 10.0. The fourth-order valence-electron chi connectivity index (χ4n) is 1.59. The lowest BCUT2D eigenvalue weighted by molar-refractivity contribution is -0.138. The topological polar surface area (TPSA) is 125 Å². The van der Waals surface area contributed by atoms with Crippen LogP contribution in [0.3, 0.4) is 0 Å². The van der Waals surface area contributed by atoms with Crippen LogP contribution in [0.2, 0.25) is 0 Å². The van der Waals surface area contributed by atoms with Crippen molar-refractivity contribution < 1.29 is 24.3 Å². The Morgan fingerprint density at radius 3 is 2.14 bits per heavy atom. The SMILES string of the molecule is CC(CC(=O)O)CC(=O)NC(=O)NCCC(=O)NC(C)C. The van der Waals surface area contributed by atoms with Crippen LogP contribution in [0.5, 0.6) is 0 Å². The van der Waals surface area contributed by atoms with Crippen molar-refractivity contribution >= 4 is 23.8 Å². The summed E-state index contributed by atoms with van der Waals surface area (Å²) in [5.74, 6) is -2.08. The van der Waals surface area contributed by atoms with Gasteiger partial charge in [-0.25, -0.2) is 4.79 Å². The minimum Gasteiger partial charge on any atom is -0.481 e. The molecule has 0 aromatic heterocycles. The second kappa shape index (κ2) is 9.73. The maximum Gasteiger partial charge on any atom is 0.321 e. The molecular formula is C13H23N3O5. The van der Waals surface area contributed by atoms with Crippen LogP contribution in [0.4, 0.5) is 4.79 Å². The number of carboxylic acid groups (broad SMARTS) is 1. The summed E-state index contributed by atoms with van der Waals surface area (Å²) in [5.41, 5.74) is 0. The summed E-state index contributed by atoms with van der Waals surface area (Å²) in [7, 11) is 0. The Balaban J connectivity index is 3.86. The molecule has 0 saturated heterocycles. The highest BCUT2D eigenvalue weighted by Gasteiger charge is 2.14. The Bertz CT molecular complexity index is 395. The largest absolute Gasteiger partial charge is 0.481 e. The lowest BCUT2D eigenvalue weighted by Crippen LogP contribution is -2.41. The van der Waals surface area contributed by atoms with Crippen molar-refractivity contribution in [3.8, 4) is 0 Å². The van der Waals surface area contributed by atoms with Gasteiger partial charge in [0.1, 0.15) is 0 Å². The summed E-state index contributed by atoms with van der Waals surface area (Å²) >= 11 is 0. The van der Waals surface area contributed by atoms with Gasteiger partial charge >= 0.3 is 12.0 Å². The van der Waals surface area contributed by atoms with Crippen LogP contribution in [0.1, 0.15) is 40.0 Å². The van der Waals surface area contributed by atoms with Crippen LogP contribution < -0.4 is 16.0 Å². The smallest absolute Gasteiger partial charge is 0.321 e. The fourth-order valence-corrected chi connectivity index (χ4v) is 1.59. The van der Waals surface area contributed by atoms with Crippen molar-refractivity contribution in [2.75, 3.05) is 6.54 Å². The highest BCUT2D eigenvalue weighted by Crippen LogP contribution is 2.06. The van der Waals surface area contributed by atoms with Gasteiger partial charge in [0.15, 0.2) is 0 Å². The fraction of sp³-hybridized carbons (Fsp3) is 0.692. The number of hydrogen-bond donors (Lipinski definition) is 4. The predicted molar refractivity (Wildman–Crippen MR) is 75.5 cm³/mol. The van der Waals surface area contributed by atoms with Crippen molar-refractivity contribution in [2.45, 2.75) is 46.1 Å². The quantitative estimate of drug-likeness (QED) is 0.510. The molecule has 1 unspecified atom stereocenters.